The van der Waals surface area contributed by atoms with Gasteiger partial charge in [0.15, 0.2) is 17.1 Å². The molecule has 0 aliphatic heterocycles. The van der Waals surface area contributed by atoms with Crippen molar-refractivity contribution in [2.45, 2.75) is 185 Å². The number of hydrogen-bond acceptors (Lipinski definition) is 12. The summed E-state index contributed by atoms with van der Waals surface area (Å²) in [6.45, 7) is 3.75. The molecule has 7 atom stereocenters. The number of allylic oxidation sites excluding steroid dienone is 2. The van der Waals surface area contributed by atoms with E-state index in [-0.39, 0.29) is 78.3 Å². The zero-order chi connectivity index (χ0) is 81.0. The number of aryl methyl sites for hydroxylation is 1. The quantitative estimate of drug-likeness (QED) is 0.0289. The predicted octanol–water partition coefficient (Wildman–Crippen LogP) is 18.4. The number of nitrogens with one attached hydrogen (secondary N) is 3. The largest absolute Gasteiger partial charge is 0.466 e. The first-order chi connectivity index (χ1) is 56.3. The fourth-order valence-corrected chi connectivity index (χ4v) is 17.9. The van der Waals surface area contributed by atoms with E-state index in [1.165, 1.54) is 59.3 Å². The lowest BCUT2D eigenvalue weighted by atomic mass is 9.84. The van der Waals surface area contributed by atoms with Crippen LogP contribution in [0.2, 0.25) is 5.02 Å². The molecular weight excluding hydrogens is 1500 g/mol. The van der Waals surface area contributed by atoms with Gasteiger partial charge in [0.2, 0.25) is 0 Å². The van der Waals surface area contributed by atoms with Crippen molar-refractivity contribution < 1.29 is 56.1 Å². The van der Waals surface area contributed by atoms with Crippen molar-refractivity contribution >= 4 is 58.6 Å². The zero-order valence-electron chi connectivity index (χ0n) is 65.2. The normalized spacial score (nSPS) is 19.8. The maximum absolute atomic E-state index is 14.0. The van der Waals surface area contributed by atoms with Gasteiger partial charge >= 0.3 is 12.1 Å². The van der Waals surface area contributed by atoms with Gasteiger partial charge in [-0.3, -0.25) is 23.9 Å². The highest BCUT2D eigenvalue weighted by atomic mass is 35.5. The van der Waals surface area contributed by atoms with Crippen LogP contribution in [0.3, 0.4) is 0 Å². The molecule has 24 heteroatoms. The summed E-state index contributed by atoms with van der Waals surface area (Å²) in [6.07, 6.45) is 19.9. The lowest BCUT2D eigenvalue weighted by molar-refractivity contribution is -0.150. The van der Waals surface area contributed by atoms with Gasteiger partial charge in [0.25, 0.3) is 23.7 Å². The summed E-state index contributed by atoms with van der Waals surface area (Å²) in [5.74, 6) is -1.60. The van der Waals surface area contributed by atoms with Crippen LogP contribution in [0.4, 0.5) is 22.0 Å². The number of aliphatic hydroxyl groups is 2. The Hall–Kier alpha value is -10.8. The van der Waals surface area contributed by atoms with Crippen molar-refractivity contribution in [2.24, 2.45) is 17.8 Å². The molecule has 116 heavy (non-hydrogen) atoms. The van der Waals surface area contributed by atoms with Crippen LogP contribution in [0.1, 0.15) is 244 Å². The second-order valence-electron chi connectivity index (χ2n) is 31.2. The Labute approximate surface area is 677 Å². The topological polar surface area (TPSA) is 233 Å². The van der Waals surface area contributed by atoms with Crippen molar-refractivity contribution in [3.05, 3.63) is 277 Å². The van der Waals surface area contributed by atoms with Crippen molar-refractivity contribution in [3.8, 4) is 11.6 Å². The summed E-state index contributed by atoms with van der Waals surface area (Å²) in [4.78, 5) is 61.9. The molecule has 18 nitrogen and oxygen atoms in total. The Balaban J connectivity index is 0.000000144. The molecule has 0 spiro atoms. The summed E-state index contributed by atoms with van der Waals surface area (Å²) in [5.41, 5.74) is 13.5. The monoisotopic (exact) mass is 1600 g/mol. The van der Waals surface area contributed by atoms with Crippen LogP contribution < -0.4 is 16.0 Å². The number of aliphatic hydroxyl groups excluding tert-OH is 2. The average Bonchev–Trinajstić information content (AvgIpc) is 1.49. The van der Waals surface area contributed by atoms with Crippen LogP contribution in [0.15, 0.2) is 170 Å². The molecule has 4 heterocycles. The van der Waals surface area contributed by atoms with Gasteiger partial charge in [-0.2, -0.15) is 33.1 Å². The Morgan fingerprint density at radius 3 is 1.69 bits per heavy atom. The molecule has 6 aromatic carbocycles. The van der Waals surface area contributed by atoms with Gasteiger partial charge in [0.1, 0.15) is 17.3 Å². The van der Waals surface area contributed by atoms with Gasteiger partial charge in [-0.25, -0.2) is 23.4 Å². The third kappa shape index (κ3) is 19.0. The number of alkyl halides is 3. The van der Waals surface area contributed by atoms with Gasteiger partial charge in [0, 0.05) is 39.9 Å². The van der Waals surface area contributed by atoms with E-state index >= 15 is 0 Å². The molecule has 5 N–H and O–H groups in total. The number of carbonyl (C=O) groups excluding carboxylic acids is 4. The fraction of sp³-hybridized carbons (Fsp3) is 0.380. The van der Waals surface area contributed by atoms with Gasteiger partial charge in [-0.15, -0.1) is 0 Å². The van der Waals surface area contributed by atoms with Gasteiger partial charge in [-0.1, -0.05) is 152 Å². The second-order valence-corrected chi connectivity index (χ2v) is 31.6. The number of esters is 1. The number of hydrogen-bond donors (Lipinski definition) is 5. The molecule has 4 aromatic heterocycles. The number of nitrogens with zero attached hydrogens (tertiary/aromatic N) is 8. The van der Waals surface area contributed by atoms with Gasteiger partial charge in [-0.05, 0) is 241 Å². The van der Waals surface area contributed by atoms with Crippen molar-refractivity contribution in [2.75, 3.05) is 19.8 Å². The second kappa shape index (κ2) is 37.5. The third-order valence-electron chi connectivity index (χ3n) is 23.4. The van der Waals surface area contributed by atoms with E-state index in [0.717, 1.165) is 153 Å². The van der Waals surface area contributed by atoms with E-state index in [1.54, 1.807) is 54.6 Å². The van der Waals surface area contributed by atoms with E-state index in [2.05, 4.69) is 73.0 Å². The lowest BCUT2D eigenvalue weighted by Gasteiger charge is -2.30. The summed E-state index contributed by atoms with van der Waals surface area (Å²) in [6, 6.07) is 46.9. The molecule has 604 valence electrons. The highest BCUT2D eigenvalue weighted by molar-refractivity contribution is 6.30. The lowest BCUT2D eigenvalue weighted by Crippen LogP contribution is -2.47. The van der Waals surface area contributed by atoms with E-state index in [4.69, 9.17) is 26.5 Å². The molecule has 6 aliphatic carbocycles. The smallest absolute Gasteiger partial charge is 0.433 e. The van der Waals surface area contributed by atoms with E-state index in [0.29, 0.717) is 76.2 Å². The van der Waals surface area contributed by atoms with Gasteiger partial charge in [0.05, 0.1) is 66.6 Å². The molecule has 3 unspecified atom stereocenters. The number of fused-ring (bicyclic) bond motifs is 5. The Morgan fingerprint density at radius 1 is 0.578 bits per heavy atom. The first-order valence-electron chi connectivity index (χ1n) is 40.7. The molecule has 3 saturated carbocycles. The molecule has 6 aliphatic rings. The predicted molar refractivity (Wildman–Crippen MR) is 436 cm³/mol. The number of aromatic nitrogens is 8. The highest BCUT2D eigenvalue weighted by Gasteiger charge is 2.53. The Morgan fingerprint density at radius 2 is 1.10 bits per heavy atom. The Bertz CT molecular complexity index is 5140. The summed E-state index contributed by atoms with van der Waals surface area (Å²) in [5, 5.41) is 44.2. The molecule has 16 rings (SSSR count). The number of carbonyl (C=O) groups is 4. The molecular formula is C92H97ClF5N11O7. The first-order valence-corrected chi connectivity index (χ1v) is 41.1. The van der Waals surface area contributed by atoms with E-state index < -0.39 is 35.7 Å². The molecule has 10 aromatic rings. The minimum Gasteiger partial charge on any atom is -0.466 e. The van der Waals surface area contributed by atoms with E-state index in [9.17, 15) is 51.3 Å². The molecule has 3 fully saturated rings. The third-order valence-corrected chi connectivity index (χ3v) is 23.7. The summed E-state index contributed by atoms with van der Waals surface area (Å²) >= 11 is 6.23. The average molecular weight is 1600 g/mol. The van der Waals surface area contributed by atoms with E-state index in [1.807, 2.05) is 72.3 Å². The minimum atomic E-state index is -4.71. The summed E-state index contributed by atoms with van der Waals surface area (Å²) in [7, 11) is 0. The van der Waals surface area contributed by atoms with Crippen LogP contribution in [0, 0.1) is 36.3 Å². The first kappa shape index (κ1) is 81.8. The zero-order valence-corrected chi connectivity index (χ0v) is 65.9. The SMILES string of the molecule is CCOC(=O)[C@H]1C2CCC(C2)[C@H]1NC(=O)c1nn(-c2ccc(Cl)cc2)c2c1CCCCC2Cc1ccc(C)cc1.O=C(N[C@@H](CO)c1ccccc1)c1nn(C2CCCCC2)c2c1CCCC/C2=C\c1ccc(F)cc1.O=C(N[C@H](CO)c1ccccc1)c1nn(-c2nccc(C(F)(F)F)n2)c2c1CCCC/C2=C\c1ccc(F)cc1. The van der Waals surface area contributed by atoms with Crippen LogP contribution in [-0.2, 0) is 41.4 Å². The maximum atomic E-state index is 14.0. The molecule has 2 bridgehead atoms. The van der Waals surface area contributed by atoms with Crippen molar-refractivity contribution in [1.82, 2.24) is 55.3 Å². The minimum absolute atomic E-state index is 0.0114. The van der Waals surface area contributed by atoms with Crippen molar-refractivity contribution in [1.29, 1.82) is 0 Å². The van der Waals surface area contributed by atoms with Crippen LogP contribution in [0.5, 0.6) is 0 Å². The summed E-state index contributed by atoms with van der Waals surface area (Å²) < 4.78 is 78.3. The number of benzene rings is 6. The standard InChI is InChI=1S/C33H38ClN3O3.C30H34FN3O2.C29H25F4N5O2/c1-3-40-33(39)28-22-12-13-23(19-22)29(28)35-32(38)30-27-7-5-4-6-24(18-21-10-8-20(2)9-11-21)31(27)37(36-30)26-16-14-25(34)15-17-26;31-24-17-15-21(16-18-24)19-23-11-7-8-14-26-28(33-34(29(23)26)25-12-5-2-6-13-25)30(36)32-27(20-35)22-9-3-1-4-10-22;30-21-12-10-18(11-13-21)16-20-8-4-5-9-22-25(27(40)35-23(17-39)19-6-2-1-3-7-19)37-38(26(20)22)28-34-15-14-24(36-28)29(31,32)33/h8-11,14-17,22-24,28-29H,3-7,12-13,18-19H2,1-2H3,(H,35,38);1,3-4,9-10,15-19,25,27,35H,2,5-8,11-14,20H2,(H,32,36);1-3,6-7,10-16,23,39H,4-5,8-9,17H2,(H,35,40)/b;23-19+;20-16+/t22?,23?,24?,28-,29+;27-;23-/m001/s1. The fourth-order valence-electron chi connectivity index (χ4n) is 17.8. The van der Waals surface area contributed by atoms with Crippen LogP contribution in [-0.4, -0.2) is 99.1 Å². The maximum Gasteiger partial charge on any atom is 0.433 e. The van der Waals surface area contributed by atoms with Gasteiger partial charge < -0.3 is 30.9 Å². The molecule has 3 amide bonds. The highest BCUT2D eigenvalue weighted by Crippen LogP contribution is 2.50. The van der Waals surface area contributed by atoms with Crippen molar-refractivity contribution in [3.63, 3.8) is 0 Å². The number of ether oxygens (including phenoxy) is 1. The van der Waals surface area contributed by atoms with Crippen LogP contribution in [0.25, 0.3) is 34.9 Å². The molecule has 0 radical (unpaired) electrons. The molecule has 0 saturated heterocycles. The van der Waals surface area contributed by atoms with Crippen LogP contribution >= 0.6 is 11.6 Å². The Kier molecular flexibility index (Phi) is 26.4. The number of rotatable bonds is 19. The number of amides is 3. The number of halogens is 6.